The summed E-state index contributed by atoms with van der Waals surface area (Å²) in [7, 11) is 0. The van der Waals surface area contributed by atoms with E-state index in [-0.39, 0.29) is 11.3 Å². The van der Waals surface area contributed by atoms with Crippen LogP contribution in [0, 0.1) is 13.8 Å². The fourth-order valence-electron chi connectivity index (χ4n) is 1.32. The van der Waals surface area contributed by atoms with Crippen LogP contribution in [0.5, 0.6) is 5.75 Å². The molecule has 0 spiro atoms. The van der Waals surface area contributed by atoms with E-state index >= 15 is 0 Å². The minimum absolute atomic E-state index is 0.0741. The highest BCUT2D eigenvalue weighted by molar-refractivity contribution is 5.95. The molecule has 0 saturated carbocycles. The summed E-state index contributed by atoms with van der Waals surface area (Å²) in [5.74, 6) is -0.687. The average molecular weight is 243 g/mol. The van der Waals surface area contributed by atoms with Crippen molar-refractivity contribution in [3.8, 4) is 5.75 Å². The summed E-state index contributed by atoms with van der Waals surface area (Å²) in [6.45, 7) is 4.19. The molecule has 94 valence electrons. The molecule has 2 rings (SSSR count). The number of aryl methyl sites for hydroxylation is 2. The Hall–Kier alpha value is -2.29. The van der Waals surface area contributed by atoms with E-state index in [9.17, 15) is 4.79 Å². The number of benzene rings is 2. The Bertz CT molecular complexity index is 497. The normalized spacial score (nSPS) is 9.22. The molecule has 0 atom stereocenters. The molecule has 0 saturated heterocycles. The van der Waals surface area contributed by atoms with Crippen molar-refractivity contribution in [1.82, 2.24) is 0 Å². The molecular formula is C15H17NO2. The molecule has 0 fully saturated rings. The highest BCUT2D eigenvalue weighted by Crippen LogP contribution is 2.13. The zero-order chi connectivity index (χ0) is 13.5. The number of hydrogen-bond acceptors (Lipinski definition) is 2. The Morgan fingerprint density at radius 2 is 1.39 bits per heavy atom. The van der Waals surface area contributed by atoms with E-state index in [1.54, 1.807) is 12.1 Å². The summed E-state index contributed by atoms with van der Waals surface area (Å²) in [4.78, 5) is 10.5. The van der Waals surface area contributed by atoms with Gasteiger partial charge in [0.1, 0.15) is 5.75 Å². The number of para-hydroxylation sites is 1. The maximum atomic E-state index is 10.5. The molecule has 0 aliphatic rings. The van der Waals surface area contributed by atoms with E-state index in [0.29, 0.717) is 0 Å². The fourth-order valence-corrected chi connectivity index (χ4v) is 1.32. The lowest BCUT2D eigenvalue weighted by molar-refractivity contribution is 0.0998. The second-order valence-electron chi connectivity index (χ2n) is 4.04. The van der Waals surface area contributed by atoms with Gasteiger partial charge in [-0.3, -0.25) is 4.79 Å². The van der Waals surface area contributed by atoms with Gasteiger partial charge in [-0.25, -0.2) is 0 Å². The van der Waals surface area contributed by atoms with E-state index < -0.39 is 5.91 Å². The van der Waals surface area contributed by atoms with Gasteiger partial charge >= 0.3 is 0 Å². The molecule has 0 bridgehead atoms. The predicted octanol–water partition coefficient (Wildman–Crippen LogP) is 2.79. The standard InChI is InChI=1S/C8H10.C7H7NO2/c1-7-3-5-8(2)6-4-7;8-7(10)5-3-1-2-4-6(5)9/h3-6H,1-2H3;1-4,9H,(H2,8,10). The minimum atomic E-state index is -0.613. The topological polar surface area (TPSA) is 63.3 Å². The fraction of sp³-hybridized carbons (Fsp3) is 0.133. The highest BCUT2D eigenvalue weighted by Gasteiger charge is 2.03. The van der Waals surface area contributed by atoms with Crippen LogP contribution in [0.2, 0.25) is 0 Å². The van der Waals surface area contributed by atoms with Crippen LogP contribution < -0.4 is 5.73 Å². The second-order valence-corrected chi connectivity index (χ2v) is 4.04. The van der Waals surface area contributed by atoms with Crippen LogP contribution in [0.3, 0.4) is 0 Å². The van der Waals surface area contributed by atoms with Gasteiger partial charge in [0.05, 0.1) is 5.56 Å². The van der Waals surface area contributed by atoms with Gasteiger partial charge in [0, 0.05) is 0 Å². The molecular weight excluding hydrogens is 226 g/mol. The van der Waals surface area contributed by atoms with Gasteiger partial charge in [-0.2, -0.15) is 0 Å². The van der Waals surface area contributed by atoms with Crippen molar-refractivity contribution in [3.05, 3.63) is 65.2 Å². The molecule has 0 aliphatic carbocycles. The molecule has 0 aromatic heterocycles. The van der Waals surface area contributed by atoms with Gasteiger partial charge in [-0.1, -0.05) is 47.5 Å². The lowest BCUT2D eigenvalue weighted by atomic mass is 10.2. The van der Waals surface area contributed by atoms with Crippen molar-refractivity contribution in [2.45, 2.75) is 13.8 Å². The van der Waals surface area contributed by atoms with Crippen LogP contribution in [-0.2, 0) is 0 Å². The van der Waals surface area contributed by atoms with E-state index in [1.165, 1.54) is 23.3 Å². The molecule has 0 radical (unpaired) electrons. The van der Waals surface area contributed by atoms with Crippen LogP contribution in [-0.4, -0.2) is 11.0 Å². The van der Waals surface area contributed by atoms with Crippen molar-refractivity contribution in [2.24, 2.45) is 5.73 Å². The maximum absolute atomic E-state index is 10.5. The van der Waals surface area contributed by atoms with Gasteiger partial charge in [0.25, 0.3) is 5.91 Å². The Balaban J connectivity index is 0.000000184. The number of nitrogens with two attached hydrogens (primary N) is 1. The van der Waals surface area contributed by atoms with Gasteiger partial charge in [0.15, 0.2) is 0 Å². The third-order valence-electron chi connectivity index (χ3n) is 2.39. The highest BCUT2D eigenvalue weighted by atomic mass is 16.3. The quantitative estimate of drug-likeness (QED) is 0.809. The van der Waals surface area contributed by atoms with E-state index in [4.69, 9.17) is 10.8 Å². The first-order chi connectivity index (χ1) is 8.50. The van der Waals surface area contributed by atoms with Crippen molar-refractivity contribution >= 4 is 5.91 Å². The molecule has 0 unspecified atom stereocenters. The summed E-state index contributed by atoms with van der Waals surface area (Å²) < 4.78 is 0. The number of aromatic hydroxyl groups is 1. The maximum Gasteiger partial charge on any atom is 0.252 e. The molecule has 3 N–H and O–H groups in total. The molecule has 2 aromatic carbocycles. The summed E-state index contributed by atoms with van der Waals surface area (Å²) in [6, 6.07) is 14.6. The van der Waals surface area contributed by atoms with Gasteiger partial charge < -0.3 is 10.8 Å². The molecule has 0 heterocycles. The van der Waals surface area contributed by atoms with Crippen molar-refractivity contribution in [2.75, 3.05) is 0 Å². The van der Waals surface area contributed by atoms with Gasteiger partial charge in [-0.05, 0) is 26.0 Å². The van der Waals surface area contributed by atoms with Crippen LogP contribution in [0.1, 0.15) is 21.5 Å². The van der Waals surface area contributed by atoms with Crippen LogP contribution in [0.4, 0.5) is 0 Å². The molecule has 18 heavy (non-hydrogen) atoms. The van der Waals surface area contributed by atoms with E-state index in [1.807, 2.05) is 0 Å². The lowest BCUT2D eigenvalue weighted by Gasteiger charge is -1.96. The SMILES string of the molecule is Cc1ccc(C)cc1.NC(=O)c1ccccc1O. The molecule has 3 heteroatoms. The number of hydrogen-bond donors (Lipinski definition) is 2. The molecule has 1 amide bonds. The summed E-state index contributed by atoms with van der Waals surface area (Å²) in [5, 5.41) is 8.98. The van der Waals surface area contributed by atoms with Crippen LogP contribution in [0.25, 0.3) is 0 Å². The first kappa shape index (κ1) is 13.8. The van der Waals surface area contributed by atoms with Crippen molar-refractivity contribution < 1.29 is 9.90 Å². The number of amides is 1. The lowest BCUT2D eigenvalue weighted by Crippen LogP contribution is -2.10. The number of primary amides is 1. The third-order valence-corrected chi connectivity index (χ3v) is 2.39. The van der Waals surface area contributed by atoms with Crippen LogP contribution in [0.15, 0.2) is 48.5 Å². The summed E-state index contributed by atoms with van der Waals surface area (Å²) in [5.41, 5.74) is 7.73. The Labute approximate surface area is 107 Å². The molecule has 2 aromatic rings. The number of rotatable bonds is 1. The monoisotopic (exact) mass is 243 g/mol. The Morgan fingerprint density at radius 3 is 1.72 bits per heavy atom. The van der Waals surface area contributed by atoms with Crippen molar-refractivity contribution in [1.29, 1.82) is 0 Å². The second kappa shape index (κ2) is 6.45. The smallest absolute Gasteiger partial charge is 0.252 e. The first-order valence-electron chi connectivity index (χ1n) is 5.62. The van der Waals surface area contributed by atoms with Crippen molar-refractivity contribution in [3.63, 3.8) is 0 Å². The molecule has 3 nitrogen and oxygen atoms in total. The van der Waals surface area contributed by atoms with Crippen LogP contribution >= 0.6 is 0 Å². The van der Waals surface area contributed by atoms with E-state index in [0.717, 1.165) is 0 Å². The third kappa shape index (κ3) is 4.29. The number of carbonyl (C=O) groups is 1. The van der Waals surface area contributed by atoms with Gasteiger partial charge in [0.2, 0.25) is 0 Å². The zero-order valence-electron chi connectivity index (χ0n) is 10.6. The predicted molar refractivity (Wildman–Crippen MR) is 72.5 cm³/mol. The average Bonchev–Trinajstić information content (AvgIpc) is 2.34. The summed E-state index contributed by atoms with van der Waals surface area (Å²) in [6.07, 6.45) is 0. The Kier molecular flexibility index (Phi) is 4.93. The number of phenols is 1. The minimum Gasteiger partial charge on any atom is -0.507 e. The molecule has 0 aliphatic heterocycles. The Morgan fingerprint density at radius 1 is 0.944 bits per heavy atom. The van der Waals surface area contributed by atoms with Gasteiger partial charge in [-0.15, -0.1) is 0 Å². The number of carbonyl (C=O) groups excluding carboxylic acids is 1. The largest absolute Gasteiger partial charge is 0.507 e. The zero-order valence-corrected chi connectivity index (χ0v) is 10.6. The first-order valence-corrected chi connectivity index (χ1v) is 5.62. The van der Waals surface area contributed by atoms with E-state index in [2.05, 4.69) is 38.1 Å². The summed E-state index contributed by atoms with van der Waals surface area (Å²) >= 11 is 0.